The summed E-state index contributed by atoms with van der Waals surface area (Å²) in [5, 5.41) is 10.6. The van der Waals surface area contributed by atoms with Crippen molar-refractivity contribution in [2.45, 2.75) is 6.92 Å². The van der Waals surface area contributed by atoms with Gasteiger partial charge in [-0.1, -0.05) is 0 Å². The maximum Gasteiger partial charge on any atom is 0.216 e. The molecule has 0 saturated heterocycles. The monoisotopic (exact) mass is 356 g/mol. The lowest BCUT2D eigenvalue weighted by atomic mass is 10.2. The van der Waals surface area contributed by atoms with Crippen LogP contribution in [0.25, 0.3) is 0 Å². The van der Waals surface area contributed by atoms with E-state index in [1.807, 2.05) is 19.1 Å². The average Bonchev–Trinajstić information content (AvgIpc) is 2.82. The molecule has 0 spiro atoms. The van der Waals surface area contributed by atoms with Crippen molar-refractivity contribution in [2.75, 3.05) is 13.7 Å². The molecule has 0 aliphatic carbocycles. The van der Waals surface area contributed by atoms with Gasteiger partial charge in [-0.05, 0) is 52.8 Å². The minimum absolute atomic E-state index is 0.429. The van der Waals surface area contributed by atoms with Crippen molar-refractivity contribution in [1.82, 2.24) is 14.9 Å². The zero-order valence-corrected chi connectivity index (χ0v) is 13.4. The molecule has 2 aromatic rings. The first-order chi connectivity index (χ1) is 9.65. The van der Waals surface area contributed by atoms with Gasteiger partial charge < -0.3 is 9.47 Å². The van der Waals surface area contributed by atoms with Crippen molar-refractivity contribution < 1.29 is 9.47 Å². The summed E-state index contributed by atoms with van der Waals surface area (Å²) in [6, 6.07) is 3.73. The number of aromatic amines is 1. The van der Waals surface area contributed by atoms with Crippen LogP contribution in [0.5, 0.6) is 11.5 Å². The van der Waals surface area contributed by atoms with Crippen molar-refractivity contribution in [1.29, 1.82) is 0 Å². The summed E-state index contributed by atoms with van der Waals surface area (Å²) in [6.45, 7) is 2.47. The van der Waals surface area contributed by atoms with Gasteiger partial charge in [0.05, 0.1) is 24.4 Å². The SMILES string of the molecule is CCOc1cc(/C=N\n2cn[nH]c2=S)cc(Br)c1OC. The Hall–Kier alpha value is -1.67. The largest absolute Gasteiger partial charge is 0.492 e. The quantitative estimate of drug-likeness (QED) is 0.660. The molecular formula is C12H13BrN4O2S. The van der Waals surface area contributed by atoms with E-state index in [1.165, 1.54) is 11.0 Å². The summed E-state index contributed by atoms with van der Waals surface area (Å²) < 4.78 is 13.5. The summed E-state index contributed by atoms with van der Waals surface area (Å²) in [6.07, 6.45) is 3.17. The first-order valence-electron chi connectivity index (χ1n) is 5.82. The molecule has 0 aliphatic rings. The van der Waals surface area contributed by atoms with Crippen LogP contribution >= 0.6 is 28.1 Å². The van der Waals surface area contributed by atoms with Crippen LogP contribution in [-0.2, 0) is 0 Å². The maximum atomic E-state index is 5.55. The molecule has 1 heterocycles. The van der Waals surface area contributed by atoms with Crippen LogP contribution in [-0.4, -0.2) is 34.8 Å². The van der Waals surface area contributed by atoms with E-state index in [0.29, 0.717) is 22.9 Å². The van der Waals surface area contributed by atoms with Gasteiger partial charge in [0.15, 0.2) is 11.5 Å². The number of H-pyrrole nitrogens is 1. The highest BCUT2D eigenvalue weighted by Crippen LogP contribution is 2.36. The smallest absolute Gasteiger partial charge is 0.216 e. The van der Waals surface area contributed by atoms with Gasteiger partial charge in [0.1, 0.15) is 6.33 Å². The predicted octanol–water partition coefficient (Wildman–Crippen LogP) is 2.99. The average molecular weight is 357 g/mol. The summed E-state index contributed by atoms with van der Waals surface area (Å²) >= 11 is 8.46. The third kappa shape index (κ3) is 3.26. The molecule has 0 atom stereocenters. The van der Waals surface area contributed by atoms with Crippen LogP contribution in [0.4, 0.5) is 0 Å². The van der Waals surface area contributed by atoms with E-state index in [-0.39, 0.29) is 0 Å². The zero-order chi connectivity index (χ0) is 14.5. The fourth-order valence-electron chi connectivity index (χ4n) is 1.58. The van der Waals surface area contributed by atoms with E-state index in [4.69, 9.17) is 21.7 Å². The van der Waals surface area contributed by atoms with Crippen molar-refractivity contribution in [3.63, 3.8) is 0 Å². The van der Waals surface area contributed by atoms with Crippen LogP contribution in [0, 0.1) is 4.77 Å². The molecule has 0 amide bonds. The van der Waals surface area contributed by atoms with E-state index in [2.05, 4.69) is 31.2 Å². The molecule has 2 rings (SSSR count). The zero-order valence-electron chi connectivity index (χ0n) is 11.0. The van der Waals surface area contributed by atoms with Gasteiger partial charge >= 0.3 is 0 Å². The van der Waals surface area contributed by atoms with Gasteiger partial charge in [0, 0.05) is 0 Å². The third-order valence-electron chi connectivity index (χ3n) is 2.40. The lowest BCUT2D eigenvalue weighted by Crippen LogP contribution is -1.98. The number of benzene rings is 1. The number of hydrogen-bond donors (Lipinski definition) is 1. The molecule has 6 nitrogen and oxygen atoms in total. The Bertz CT molecular complexity index is 680. The lowest BCUT2D eigenvalue weighted by Gasteiger charge is -2.11. The number of methoxy groups -OCH3 is 1. The molecular weight excluding hydrogens is 344 g/mol. The minimum Gasteiger partial charge on any atom is -0.492 e. The number of halogens is 1. The predicted molar refractivity (Wildman–Crippen MR) is 82.3 cm³/mol. The van der Waals surface area contributed by atoms with Gasteiger partial charge in [-0.15, -0.1) is 0 Å². The topological polar surface area (TPSA) is 64.4 Å². The van der Waals surface area contributed by atoms with E-state index in [9.17, 15) is 0 Å². The van der Waals surface area contributed by atoms with E-state index >= 15 is 0 Å². The summed E-state index contributed by atoms with van der Waals surface area (Å²) in [7, 11) is 1.60. The standard InChI is InChI=1S/C12H13BrN4O2S/c1-3-19-10-5-8(4-9(13)11(10)18-2)6-15-17-7-14-16-12(17)20/h4-7H,3H2,1-2H3,(H,16,20)/b15-6-. The fourth-order valence-corrected chi connectivity index (χ4v) is 2.35. The van der Waals surface area contributed by atoms with Gasteiger partial charge in [-0.25, -0.2) is 0 Å². The van der Waals surface area contributed by atoms with Crippen molar-refractivity contribution in [3.8, 4) is 11.5 Å². The Labute approximate surface area is 129 Å². The molecule has 0 fully saturated rings. The van der Waals surface area contributed by atoms with Crippen LogP contribution < -0.4 is 9.47 Å². The van der Waals surface area contributed by atoms with Crippen LogP contribution in [0.15, 0.2) is 28.0 Å². The lowest BCUT2D eigenvalue weighted by molar-refractivity contribution is 0.310. The van der Waals surface area contributed by atoms with Gasteiger partial charge in [0.2, 0.25) is 4.77 Å². The number of rotatable bonds is 5. The molecule has 20 heavy (non-hydrogen) atoms. The first kappa shape index (κ1) is 14.7. The molecule has 0 saturated carbocycles. The second-order valence-electron chi connectivity index (χ2n) is 3.72. The highest BCUT2D eigenvalue weighted by atomic mass is 79.9. The highest BCUT2D eigenvalue weighted by molar-refractivity contribution is 9.10. The molecule has 1 aromatic carbocycles. The molecule has 0 aliphatic heterocycles. The van der Waals surface area contributed by atoms with E-state index in [0.717, 1.165) is 10.0 Å². The van der Waals surface area contributed by atoms with E-state index in [1.54, 1.807) is 13.3 Å². The van der Waals surface area contributed by atoms with Crippen LogP contribution in [0.2, 0.25) is 0 Å². The Morgan fingerprint density at radius 2 is 2.35 bits per heavy atom. The second kappa shape index (κ2) is 6.67. The molecule has 0 unspecified atom stereocenters. The third-order valence-corrected chi connectivity index (χ3v) is 3.27. The normalized spacial score (nSPS) is 10.9. The Morgan fingerprint density at radius 1 is 1.55 bits per heavy atom. The Balaban J connectivity index is 2.35. The Morgan fingerprint density at radius 3 is 2.95 bits per heavy atom. The first-order valence-corrected chi connectivity index (χ1v) is 7.02. The molecule has 1 aromatic heterocycles. The molecule has 0 radical (unpaired) electrons. The number of ether oxygens (including phenoxy) is 2. The number of hydrogen-bond acceptors (Lipinski definition) is 5. The minimum atomic E-state index is 0.429. The van der Waals surface area contributed by atoms with Crippen molar-refractivity contribution in [2.24, 2.45) is 5.10 Å². The van der Waals surface area contributed by atoms with Gasteiger partial charge in [-0.2, -0.15) is 14.9 Å². The number of nitrogens with one attached hydrogen (secondary N) is 1. The Kier molecular flexibility index (Phi) is 4.91. The molecule has 8 heteroatoms. The van der Waals surface area contributed by atoms with Crippen LogP contribution in [0.3, 0.4) is 0 Å². The maximum absolute atomic E-state index is 5.55. The number of nitrogens with zero attached hydrogens (tertiary/aromatic N) is 3. The van der Waals surface area contributed by atoms with Crippen molar-refractivity contribution in [3.05, 3.63) is 33.3 Å². The molecule has 0 bridgehead atoms. The fraction of sp³-hybridized carbons (Fsp3) is 0.250. The summed E-state index contributed by atoms with van der Waals surface area (Å²) in [4.78, 5) is 0. The van der Waals surface area contributed by atoms with Gasteiger partial charge in [0.25, 0.3) is 0 Å². The summed E-state index contributed by atoms with van der Waals surface area (Å²) in [5.41, 5.74) is 0.851. The van der Waals surface area contributed by atoms with Gasteiger partial charge in [-0.3, -0.25) is 5.10 Å². The molecule has 106 valence electrons. The van der Waals surface area contributed by atoms with E-state index < -0.39 is 0 Å². The van der Waals surface area contributed by atoms with Crippen LogP contribution in [0.1, 0.15) is 12.5 Å². The second-order valence-corrected chi connectivity index (χ2v) is 4.96. The summed E-state index contributed by atoms with van der Waals surface area (Å²) in [5.74, 6) is 1.31. The van der Waals surface area contributed by atoms with Crippen molar-refractivity contribution >= 4 is 34.4 Å². The highest BCUT2D eigenvalue weighted by Gasteiger charge is 2.10. The molecule has 1 N–H and O–H groups in total. The number of aromatic nitrogens is 3.